The van der Waals surface area contributed by atoms with Crippen LogP contribution in [0.25, 0.3) is 0 Å². The van der Waals surface area contributed by atoms with E-state index in [-0.39, 0.29) is 11.7 Å². The number of nitrogens with zero attached hydrogens (tertiary/aromatic N) is 3. The van der Waals surface area contributed by atoms with Gasteiger partial charge in [0.25, 0.3) is 5.88 Å². The number of rotatable bonds is 4. The second-order valence-electron chi connectivity index (χ2n) is 4.64. The molecule has 108 valence electrons. The highest BCUT2D eigenvalue weighted by atomic mass is 19.1. The number of aromatic nitrogens is 2. The van der Waals surface area contributed by atoms with Gasteiger partial charge in [0.05, 0.1) is 5.69 Å². The molecule has 0 amide bonds. The van der Waals surface area contributed by atoms with Crippen LogP contribution >= 0.6 is 0 Å². The van der Waals surface area contributed by atoms with E-state index in [1.54, 1.807) is 19.1 Å². The summed E-state index contributed by atoms with van der Waals surface area (Å²) >= 11 is 0. The Labute approximate surface area is 123 Å². The van der Waals surface area contributed by atoms with Crippen molar-refractivity contribution in [1.82, 2.24) is 10.2 Å². The first-order valence-electron chi connectivity index (χ1n) is 6.83. The fourth-order valence-corrected chi connectivity index (χ4v) is 2.09. The second-order valence-corrected chi connectivity index (χ2v) is 4.64. The molecule has 0 aliphatic rings. The average molecular weight is 285 g/mol. The van der Waals surface area contributed by atoms with E-state index < -0.39 is 0 Å². The highest BCUT2D eigenvalue weighted by Gasteiger charge is 2.16. The molecule has 2 aromatic rings. The van der Waals surface area contributed by atoms with Crippen molar-refractivity contribution in [3.8, 4) is 17.7 Å². The summed E-state index contributed by atoms with van der Waals surface area (Å²) in [5.74, 6) is 0.0601. The lowest BCUT2D eigenvalue weighted by molar-refractivity contribution is 0.446. The van der Waals surface area contributed by atoms with E-state index in [0.29, 0.717) is 29.7 Å². The van der Waals surface area contributed by atoms with Crippen molar-refractivity contribution in [2.75, 3.05) is 0 Å². The zero-order chi connectivity index (χ0) is 15.4. The summed E-state index contributed by atoms with van der Waals surface area (Å²) in [4.78, 5) is 0. The van der Waals surface area contributed by atoms with Gasteiger partial charge in [-0.15, -0.1) is 5.10 Å². The average Bonchev–Trinajstić information content (AvgIpc) is 2.50. The van der Waals surface area contributed by atoms with Crippen LogP contribution in [0.2, 0.25) is 0 Å². The number of ether oxygens (including phenoxy) is 1. The lowest BCUT2D eigenvalue weighted by atomic mass is 10.0. The predicted octanol–water partition coefficient (Wildman–Crippen LogP) is 3.71. The SMILES string of the molecule is CCc1nnc(Oc2ccc(C)c(F)c2)c(C#N)c1CC. The van der Waals surface area contributed by atoms with Crippen molar-refractivity contribution in [2.24, 2.45) is 0 Å². The summed E-state index contributed by atoms with van der Waals surface area (Å²) in [5.41, 5.74) is 2.52. The standard InChI is InChI=1S/C16H16FN3O/c1-4-12-13(9-18)16(20-19-15(12)5-2)21-11-7-6-10(3)14(17)8-11/h6-8H,4-5H2,1-3H3. The van der Waals surface area contributed by atoms with Gasteiger partial charge in [-0.1, -0.05) is 19.9 Å². The van der Waals surface area contributed by atoms with Gasteiger partial charge in [-0.3, -0.25) is 0 Å². The molecule has 0 atom stereocenters. The maximum Gasteiger partial charge on any atom is 0.257 e. The van der Waals surface area contributed by atoms with Gasteiger partial charge in [0.1, 0.15) is 23.2 Å². The first-order chi connectivity index (χ1) is 10.1. The Balaban J connectivity index is 2.44. The number of aryl methyl sites for hydroxylation is 2. The number of hydrogen-bond acceptors (Lipinski definition) is 4. The van der Waals surface area contributed by atoms with Crippen molar-refractivity contribution in [3.63, 3.8) is 0 Å². The van der Waals surface area contributed by atoms with Crippen molar-refractivity contribution in [2.45, 2.75) is 33.6 Å². The Hall–Kier alpha value is -2.48. The topological polar surface area (TPSA) is 58.8 Å². The molecule has 0 N–H and O–H groups in total. The number of halogens is 1. The van der Waals surface area contributed by atoms with Gasteiger partial charge in [-0.05, 0) is 37.0 Å². The molecule has 2 rings (SSSR count). The molecule has 0 fully saturated rings. The quantitative estimate of drug-likeness (QED) is 0.859. The normalized spacial score (nSPS) is 10.2. The molecular formula is C16H16FN3O. The van der Waals surface area contributed by atoms with Gasteiger partial charge < -0.3 is 4.74 Å². The first-order valence-corrected chi connectivity index (χ1v) is 6.83. The van der Waals surface area contributed by atoms with Gasteiger partial charge in [0, 0.05) is 6.07 Å². The van der Waals surface area contributed by atoms with Crippen LogP contribution in [0.3, 0.4) is 0 Å². The third-order valence-corrected chi connectivity index (χ3v) is 3.28. The summed E-state index contributed by atoms with van der Waals surface area (Å²) in [6.45, 7) is 5.58. The van der Waals surface area contributed by atoms with Crippen molar-refractivity contribution in [3.05, 3.63) is 46.4 Å². The Bertz CT molecular complexity index is 707. The molecule has 0 spiro atoms. The Kier molecular flexibility index (Phi) is 4.49. The van der Waals surface area contributed by atoms with Crippen molar-refractivity contribution in [1.29, 1.82) is 5.26 Å². The van der Waals surface area contributed by atoms with E-state index in [2.05, 4.69) is 16.3 Å². The third-order valence-electron chi connectivity index (χ3n) is 3.28. The van der Waals surface area contributed by atoms with Crippen LogP contribution in [0.4, 0.5) is 4.39 Å². The molecule has 1 aromatic heterocycles. The van der Waals surface area contributed by atoms with E-state index in [9.17, 15) is 9.65 Å². The third kappa shape index (κ3) is 3.00. The Morgan fingerprint density at radius 1 is 1.24 bits per heavy atom. The van der Waals surface area contributed by atoms with Crippen molar-refractivity contribution >= 4 is 0 Å². The van der Waals surface area contributed by atoms with Crippen LogP contribution in [0.1, 0.15) is 36.2 Å². The largest absolute Gasteiger partial charge is 0.436 e. The smallest absolute Gasteiger partial charge is 0.257 e. The fourth-order valence-electron chi connectivity index (χ4n) is 2.09. The fraction of sp³-hybridized carbons (Fsp3) is 0.312. The lowest BCUT2D eigenvalue weighted by Crippen LogP contribution is -2.05. The van der Waals surface area contributed by atoms with Gasteiger partial charge in [0.2, 0.25) is 0 Å². The van der Waals surface area contributed by atoms with Crippen LogP contribution in [0.15, 0.2) is 18.2 Å². The minimum Gasteiger partial charge on any atom is -0.436 e. The minimum absolute atomic E-state index is 0.120. The summed E-state index contributed by atoms with van der Waals surface area (Å²) in [7, 11) is 0. The molecule has 1 heterocycles. The molecule has 0 saturated carbocycles. The lowest BCUT2D eigenvalue weighted by Gasteiger charge is -2.11. The van der Waals surface area contributed by atoms with Crippen LogP contribution in [-0.2, 0) is 12.8 Å². The second kappa shape index (κ2) is 6.31. The number of hydrogen-bond donors (Lipinski definition) is 0. The molecule has 0 bridgehead atoms. The summed E-state index contributed by atoms with van der Waals surface area (Å²) in [5, 5.41) is 17.4. The zero-order valence-corrected chi connectivity index (χ0v) is 12.3. The van der Waals surface area contributed by atoms with E-state index >= 15 is 0 Å². The Morgan fingerprint density at radius 2 is 2.00 bits per heavy atom. The molecule has 4 nitrogen and oxygen atoms in total. The van der Waals surface area contributed by atoms with Crippen LogP contribution < -0.4 is 4.74 Å². The van der Waals surface area contributed by atoms with Gasteiger partial charge in [-0.2, -0.15) is 10.4 Å². The van der Waals surface area contributed by atoms with Gasteiger partial charge in [-0.25, -0.2) is 4.39 Å². The zero-order valence-electron chi connectivity index (χ0n) is 12.3. The van der Waals surface area contributed by atoms with Gasteiger partial charge in [0.15, 0.2) is 0 Å². The van der Waals surface area contributed by atoms with E-state index in [1.165, 1.54) is 6.07 Å². The number of nitriles is 1. The molecule has 0 aliphatic carbocycles. The molecule has 5 heteroatoms. The van der Waals surface area contributed by atoms with E-state index in [4.69, 9.17) is 4.74 Å². The molecule has 0 aliphatic heterocycles. The maximum absolute atomic E-state index is 13.5. The molecule has 1 aromatic carbocycles. The minimum atomic E-state index is -0.361. The summed E-state index contributed by atoms with van der Waals surface area (Å²) in [6, 6.07) is 6.65. The van der Waals surface area contributed by atoms with Gasteiger partial charge >= 0.3 is 0 Å². The summed E-state index contributed by atoms with van der Waals surface area (Å²) < 4.78 is 19.1. The van der Waals surface area contributed by atoms with Crippen LogP contribution in [0.5, 0.6) is 11.6 Å². The molecule has 0 radical (unpaired) electrons. The maximum atomic E-state index is 13.5. The predicted molar refractivity (Wildman–Crippen MR) is 76.7 cm³/mol. The highest BCUT2D eigenvalue weighted by molar-refractivity contribution is 5.47. The molecule has 21 heavy (non-hydrogen) atoms. The first kappa shape index (κ1) is 14.9. The molecular weight excluding hydrogens is 269 g/mol. The number of benzene rings is 1. The van der Waals surface area contributed by atoms with Crippen LogP contribution in [-0.4, -0.2) is 10.2 Å². The summed E-state index contributed by atoms with van der Waals surface area (Å²) in [6.07, 6.45) is 1.37. The molecule has 0 unspecified atom stereocenters. The molecule has 0 saturated heterocycles. The monoisotopic (exact) mass is 285 g/mol. The van der Waals surface area contributed by atoms with Crippen molar-refractivity contribution < 1.29 is 9.13 Å². The Morgan fingerprint density at radius 3 is 2.57 bits per heavy atom. The van der Waals surface area contributed by atoms with E-state index in [0.717, 1.165) is 11.3 Å². The van der Waals surface area contributed by atoms with Crippen LogP contribution in [0, 0.1) is 24.1 Å². The van der Waals surface area contributed by atoms with E-state index in [1.807, 2.05) is 13.8 Å². The highest BCUT2D eigenvalue weighted by Crippen LogP contribution is 2.27.